The minimum Gasteiger partial charge on any atom is -0.507 e. The summed E-state index contributed by atoms with van der Waals surface area (Å²) >= 11 is 0. The molecule has 4 rings (SSSR count). The van der Waals surface area contributed by atoms with Crippen molar-refractivity contribution in [3.63, 3.8) is 0 Å². The summed E-state index contributed by atoms with van der Waals surface area (Å²) in [6.45, 7) is 6.41. The molecule has 0 aliphatic rings. The van der Waals surface area contributed by atoms with E-state index in [4.69, 9.17) is 25.7 Å². The molecular weight excluding hydrogens is 456 g/mol. The number of phenolic OH excluding ortho intramolecular Hbond substituents is 1. The lowest BCUT2D eigenvalue weighted by molar-refractivity contribution is -0.142. The first-order valence-electron chi connectivity index (χ1n) is 11.8. The number of para-hydroxylation sites is 2. The van der Waals surface area contributed by atoms with Crippen LogP contribution in [0.2, 0.25) is 0 Å². The first kappa shape index (κ1) is 24.8. The number of carbonyl (C=O) groups excluding carboxylic acids is 1. The number of esters is 1. The Kier molecular flexibility index (Phi) is 7.24. The number of hydrogen-bond acceptors (Lipinski definition) is 6. The molecular formula is C28H30N4O4. The van der Waals surface area contributed by atoms with Gasteiger partial charge in [-0.1, -0.05) is 36.4 Å². The second kappa shape index (κ2) is 10.5. The number of nitrogens with zero attached hydrogens (tertiary/aromatic N) is 2. The number of nitrogens with one attached hydrogen (secondary N) is 1. The zero-order valence-corrected chi connectivity index (χ0v) is 20.6. The number of fused-ring (bicyclic) bond motifs is 1. The lowest BCUT2D eigenvalue weighted by Gasteiger charge is -2.11. The van der Waals surface area contributed by atoms with E-state index in [-0.39, 0.29) is 42.2 Å². The summed E-state index contributed by atoms with van der Waals surface area (Å²) in [6.07, 6.45) is 0.126. The molecule has 0 amide bonds. The van der Waals surface area contributed by atoms with Gasteiger partial charge in [0.1, 0.15) is 29.6 Å². The van der Waals surface area contributed by atoms with E-state index in [1.807, 2.05) is 47.1 Å². The maximum Gasteiger partial charge on any atom is 0.310 e. The van der Waals surface area contributed by atoms with Crippen molar-refractivity contribution in [2.75, 3.05) is 6.61 Å². The van der Waals surface area contributed by atoms with Crippen molar-refractivity contribution in [2.24, 2.45) is 5.73 Å². The van der Waals surface area contributed by atoms with Gasteiger partial charge in [-0.2, -0.15) is 5.10 Å². The van der Waals surface area contributed by atoms with Crippen LogP contribution in [0.4, 0.5) is 0 Å². The number of aromatic hydroxyl groups is 1. The highest BCUT2D eigenvalue weighted by Crippen LogP contribution is 2.35. The van der Waals surface area contributed by atoms with Gasteiger partial charge in [-0.25, -0.2) is 0 Å². The zero-order valence-electron chi connectivity index (χ0n) is 20.6. The minimum absolute atomic E-state index is 0.0358. The Morgan fingerprint density at radius 2 is 1.92 bits per heavy atom. The highest BCUT2D eigenvalue weighted by atomic mass is 16.5. The van der Waals surface area contributed by atoms with Gasteiger partial charge in [0.25, 0.3) is 0 Å². The number of aromatic nitrogens is 2. The molecule has 1 heterocycles. The van der Waals surface area contributed by atoms with Crippen LogP contribution < -0.4 is 10.5 Å². The molecule has 3 aromatic carbocycles. The molecule has 1 aromatic heterocycles. The van der Waals surface area contributed by atoms with Gasteiger partial charge in [-0.05, 0) is 50.6 Å². The van der Waals surface area contributed by atoms with Crippen LogP contribution in [0, 0.1) is 5.41 Å². The Hall–Kier alpha value is -4.33. The number of amidine groups is 1. The second-order valence-corrected chi connectivity index (χ2v) is 8.71. The Labute approximate surface area is 209 Å². The Morgan fingerprint density at radius 1 is 1.14 bits per heavy atom. The van der Waals surface area contributed by atoms with Crippen LogP contribution in [-0.4, -0.2) is 33.3 Å². The molecule has 0 unspecified atom stereocenters. The van der Waals surface area contributed by atoms with Gasteiger partial charge in [-0.15, -0.1) is 0 Å². The summed E-state index contributed by atoms with van der Waals surface area (Å²) < 4.78 is 13.2. The van der Waals surface area contributed by atoms with E-state index in [1.54, 1.807) is 25.1 Å². The van der Waals surface area contributed by atoms with Crippen molar-refractivity contribution < 1.29 is 19.4 Å². The van der Waals surface area contributed by atoms with Gasteiger partial charge in [0.05, 0.1) is 24.1 Å². The van der Waals surface area contributed by atoms with Gasteiger partial charge in [0.15, 0.2) is 0 Å². The highest BCUT2D eigenvalue weighted by molar-refractivity contribution is 6.00. The van der Waals surface area contributed by atoms with Crippen LogP contribution in [0.15, 0.2) is 60.7 Å². The molecule has 0 spiro atoms. The van der Waals surface area contributed by atoms with Crippen molar-refractivity contribution in [1.82, 2.24) is 9.78 Å². The van der Waals surface area contributed by atoms with Gasteiger partial charge in [-0.3, -0.25) is 14.9 Å². The molecule has 0 fully saturated rings. The normalized spacial score (nSPS) is 11.1. The predicted octanol–water partition coefficient (Wildman–Crippen LogP) is 4.96. The largest absolute Gasteiger partial charge is 0.507 e. The summed E-state index contributed by atoms with van der Waals surface area (Å²) in [7, 11) is 0. The van der Waals surface area contributed by atoms with Crippen molar-refractivity contribution in [1.29, 1.82) is 5.41 Å². The Balaban J connectivity index is 1.71. The fourth-order valence-electron chi connectivity index (χ4n) is 4.17. The molecule has 0 bridgehead atoms. The molecule has 8 nitrogen and oxygen atoms in total. The summed E-state index contributed by atoms with van der Waals surface area (Å²) in [5, 5.41) is 24.2. The number of benzene rings is 3. The highest BCUT2D eigenvalue weighted by Gasteiger charge is 2.18. The molecule has 0 saturated carbocycles. The number of carbonyl (C=O) groups is 1. The van der Waals surface area contributed by atoms with Crippen LogP contribution in [0.5, 0.6) is 11.5 Å². The first-order chi connectivity index (χ1) is 17.3. The smallest absolute Gasteiger partial charge is 0.310 e. The Morgan fingerprint density at radius 3 is 2.64 bits per heavy atom. The third-order valence-corrected chi connectivity index (χ3v) is 5.89. The fourth-order valence-corrected chi connectivity index (χ4v) is 4.17. The molecule has 4 N–H and O–H groups in total. The number of hydrogen-bond donors (Lipinski definition) is 3. The van der Waals surface area contributed by atoms with E-state index in [0.29, 0.717) is 17.9 Å². The van der Waals surface area contributed by atoms with Crippen molar-refractivity contribution in [2.45, 2.75) is 39.8 Å². The SMILES string of the molecule is CCOC(=O)Cc1ccccc1OCc1nn(C(C)C)c2ccc(-c3cccc(C(=N)N)c3O)cc12. The minimum atomic E-state index is -0.305. The molecule has 0 aliphatic heterocycles. The quantitative estimate of drug-likeness (QED) is 0.175. The summed E-state index contributed by atoms with van der Waals surface area (Å²) in [5.41, 5.74) is 9.68. The molecule has 0 atom stereocenters. The van der Waals surface area contributed by atoms with Crippen LogP contribution in [0.3, 0.4) is 0 Å². The van der Waals surface area contributed by atoms with Gasteiger partial charge >= 0.3 is 5.97 Å². The molecule has 0 saturated heterocycles. The standard InChI is InChI=1S/C28H30N4O4/c1-4-35-26(33)15-19-8-5-6-11-25(19)36-16-23-22-14-18(12-13-24(22)32(31-23)17(2)3)20-9-7-10-21(27(20)34)28(29)30/h5-14,17,34H,4,15-16H2,1-3H3,(H3,29,30). The average Bonchev–Trinajstić information content (AvgIpc) is 3.22. The molecule has 8 heteroatoms. The van der Waals surface area contributed by atoms with E-state index in [9.17, 15) is 9.90 Å². The summed E-state index contributed by atoms with van der Waals surface area (Å²) in [5.74, 6) is 0.0611. The first-order valence-corrected chi connectivity index (χ1v) is 11.8. The summed E-state index contributed by atoms with van der Waals surface area (Å²) in [4.78, 5) is 12.0. The Bertz CT molecular complexity index is 1420. The monoisotopic (exact) mass is 486 g/mol. The lowest BCUT2D eigenvalue weighted by Crippen LogP contribution is -2.11. The number of ether oxygens (including phenoxy) is 2. The molecule has 0 aliphatic carbocycles. The number of phenols is 1. The maximum absolute atomic E-state index is 12.0. The summed E-state index contributed by atoms with van der Waals surface area (Å²) in [6, 6.07) is 18.5. The predicted molar refractivity (Wildman–Crippen MR) is 139 cm³/mol. The maximum atomic E-state index is 12.0. The van der Waals surface area contributed by atoms with Gasteiger partial charge in [0, 0.05) is 22.6 Å². The van der Waals surface area contributed by atoms with Crippen LogP contribution in [-0.2, 0) is 22.6 Å². The molecule has 36 heavy (non-hydrogen) atoms. The average molecular weight is 487 g/mol. The van der Waals surface area contributed by atoms with Crippen LogP contribution >= 0.6 is 0 Å². The number of rotatable bonds is 9. The fraction of sp³-hybridized carbons (Fsp3) is 0.250. The van der Waals surface area contributed by atoms with E-state index in [2.05, 4.69) is 13.8 Å². The van der Waals surface area contributed by atoms with Crippen molar-refractivity contribution in [3.05, 3.63) is 77.5 Å². The third-order valence-electron chi connectivity index (χ3n) is 5.89. The topological polar surface area (TPSA) is 123 Å². The van der Waals surface area contributed by atoms with Gasteiger partial charge in [0.2, 0.25) is 0 Å². The van der Waals surface area contributed by atoms with E-state index in [1.165, 1.54) is 0 Å². The van der Waals surface area contributed by atoms with Gasteiger partial charge < -0.3 is 20.3 Å². The lowest BCUT2D eigenvalue weighted by atomic mass is 9.99. The molecule has 186 valence electrons. The second-order valence-electron chi connectivity index (χ2n) is 8.71. The van der Waals surface area contributed by atoms with E-state index < -0.39 is 0 Å². The van der Waals surface area contributed by atoms with Crippen molar-refractivity contribution >= 4 is 22.7 Å². The third kappa shape index (κ3) is 5.02. The van der Waals surface area contributed by atoms with Crippen LogP contribution in [0.1, 0.15) is 43.6 Å². The number of nitrogens with two attached hydrogens (primary N) is 1. The zero-order chi connectivity index (χ0) is 25.8. The number of nitrogen functional groups attached to an aromatic ring is 1. The van der Waals surface area contributed by atoms with Crippen molar-refractivity contribution in [3.8, 4) is 22.6 Å². The molecule has 0 radical (unpaired) electrons. The van der Waals surface area contributed by atoms with E-state index in [0.717, 1.165) is 27.7 Å². The molecule has 4 aromatic rings. The van der Waals surface area contributed by atoms with E-state index >= 15 is 0 Å². The van der Waals surface area contributed by atoms with Crippen LogP contribution in [0.25, 0.3) is 22.0 Å².